The molecule has 0 saturated carbocycles. The van der Waals surface area contributed by atoms with Crippen molar-refractivity contribution in [3.63, 3.8) is 0 Å². The summed E-state index contributed by atoms with van der Waals surface area (Å²) in [6.07, 6.45) is 3.64. The fraction of sp³-hybridized carbons (Fsp3) is 0.857. The van der Waals surface area contributed by atoms with E-state index >= 15 is 0 Å². The quantitative estimate of drug-likeness (QED) is 0.809. The maximum atomic E-state index is 10.3. The molecule has 20 heavy (non-hydrogen) atoms. The lowest BCUT2D eigenvalue weighted by Gasteiger charge is -2.38. The van der Waals surface area contributed by atoms with Crippen LogP contribution in [0.5, 0.6) is 0 Å². The van der Waals surface area contributed by atoms with E-state index in [2.05, 4.69) is 40.9 Å². The van der Waals surface area contributed by atoms with Crippen molar-refractivity contribution in [3.05, 3.63) is 12.2 Å². The summed E-state index contributed by atoms with van der Waals surface area (Å²) < 4.78 is 1.90. The largest absolute Gasteiger partial charge is 0.393 e. The zero-order chi connectivity index (χ0) is 14.5. The van der Waals surface area contributed by atoms with Gasteiger partial charge in [0, 0.05) is 38.6 Å². The van der Waals surface area contributed by atoms with Crippen LogP contribution in [0.25, 0.3) is 0 Å². The number of aliphatic hydroxyl groups excluding tert-OH is 1. The van der Waals surface area contributed by atoms with Gasteiger partial charge in [-0.3, -0.25) is 4.68 Å². The Kier molecular flexibility index (Phi) is 5.51. The number of piperazine rings is 1. The van der Waals surface area contributed by atoms with E-state index in [0.29, 0.717) is 12.5 Å². The zero-order valence-electron chi connectivity index (χ0n) is 12.9. The Labute approximate surface area is 121 Å². The monoisotopic (exact) mass is 281 g/mol. The Morgan fingerprint density at radius 1 is 1.40 bits per heavy atom. The van der Waals surface area contributed by atoms with Crippen molar-refractivity contribution in [2.75, 3.05) is 33.7 Å². The fourth-order valence-corrected chi connectivity index (χ4v) is 2.81. The van der Waals surface area contributed by atoms with E-state index in [1.54, 1.807) is 6.33 Å². The maximum Gasteiger partial charge on any atom is 0.138 e. The normalized spacial score (nSPS) is 23.1. The van der Waals surface area contributed by atoms with Crippen molar-refractivity contribution >= 4 is 0 Å². The van der Waals surface area contributed by atoms with E-state index in [0.717, 1.165) is 44.8 Å². The van der Waals surface area contributed by atoms with Crippen LogP contribution in [0.3, 0.4) is 0 Å². The van der Waals surface area contributed by atoms with Gasteiger partial charge in [-0.25, -0.2) is 4.98 Å². The molecule has 2 heterocycles. The first kappa shape index (κ1) is 15.4. The minimum Gasteiger partial charge on any atom is -0.393 e. The Morgan fingerprint density at radius 3 is 2.95 bits per heavy atom. The summed E-state index contributed by atoms with van der Waals surface area (Å²) in [5, 5.41) is 14.6. The Balaban J connectivity index is 1.88. The summed E-state index contributed by atoms with van der Waals surface area (Å²) in [6.45, 7) is 6.19. The molecule has 2 rings (SSSR count). The number of rotatable bonds is 6. The molecule has 1 saturated heterocycles. The second kappa shape index (κ2) is 7.15. The smallest absolute Gasteiger partial charge is 0.138 e. The Bertz CT molecular complexity index is 408. The second-order valence-electron chi connectivity index (χ2n) is 5.89. The molecule has 6 heteroatoms. The molecule has 114 valence electrons. The third-order valence-corrected chi connectivity index (χ3v) is 4.07. The van der Waals surface area contributed by atoms with E-state index in [1.165, 1.54) is 0 Å². The fourth-order valence-electron chi connectivity index (χ4n) is 2.81. The topological polar surface area (TPSA) is 57.4 Å². The average molecular weight is 281 g/mol. The van der Waals surface area contributed by atoms with Gasteiger partial charge in [-0.2, -0.15) is 5.10 Å². The van der Waals surface area contributed by atoms with Gasteiger partial charge < -0.3 is 14.9 Å². The average Bonchev–Trinajstić information content (AvgIpc) is 2.82. The predicted molar refractivity (Wildman–Crippen MR) is 78.6 cm³/mol. The van der Waals surface area contributed by atoms with E-state index in [1.807, 2.05) is 4.68 Å². The molecule has 2 unspecified atom stereocenters. The number of aryl methyl sites for hydroxylation is 1. The van der Waals surface area contributed by atoms with Crippen molar-refractivity contribution in [1.29, 1.82) is 0 Å². The molecule has 1 aliphatic rings. The van der Waals surface area contributed by atoms with Gasteiger partial charge in [-0.1, -0.05) is 6.92 Å². The van der Waals surface area contributed by atoms with Gasteiger partial charge in [0.25, 0.3) is 0 Å². The minimum atomic E-state index is -0.353. The van der Waals surface area contributed by atoms with Gasteiger partial charge in [-0.15, -0.1) is 0 Å². The van der Waals surface area contributed by atoms with Gasteiger partial charge in [0.2, 0.25) is 0 Å². The molecule has 0 amide bonds. The molecule has 2 atom stereocenters. The van der Waals surface area contributed by atoms with Crippen molar-refractivity contribution in [2.24, 2.45) is 0 Å². The molecule has 0 aromatic carbocycles. The molecule has 1 aromatic rings. The van der Waals surface area contributed by atoms with Gasteiger partial charge in [-0.05, 0) is 26.9 Å². The van der Waals surface area contributed by atoms with Crippen molar-refractivity contribution in [2.45, 2.75) is 44.9 Å². The third kappa shape index (κ3) is 4.01. The first-order valence-electron chi connectivity index (χ1n) is 7.53. The lowest BCUT2D eigenvalue weighted by Crippen LogP contribution is -2.51. The number of nitrogens with zero attached hydrogens (tertiary/aromatic N) is 5. The van der Waals surface area contributed by atoms with Crippen LogP contribution < -0.4 is 0 Å². The molecular weight excluding hydrogens is 254 g/mol. The van der Waals surface area contributed by atoms with E-state index < -0.39 is 0 Å². The minimum absolute atomic E-state index is 0.353. The number of likely N-dealkylation sites (N-methyl/N-ethyl adjacent to an activating group) is 2. The summed E-state index contributed by atoms with van der Waals surface area (Å²) in [4.78, 5) is 8.95. The molecule has 1 aliphatic heterocycles. The van der Waals surface area contributed by atoms with Crippen LogP contribution in [0.15, 0.2) is 6.33 Å². The van der Waals surface area contributed by atoms with Crippen LogP contribution in [-0.4, -0.2) is 75.5 Å². The highest BCUT2D eigenvalue weighted by molar-refractivity contribution is 4.90. The van der Waals surface area contributed by atoms with Crippen molar-refractivity contribution in [1.82, 2.24) is 24.6 Å². The standard InChI is InChI=1S/C14H27N5O/c1-4-5-19-14(15-11-16-19)9-13(20)8-12-10-17(2)6-7-18(12)3/h11-13,20H,4-10H2,1-3H3. The molecule has 6 nitrogen and oxygen atoms in total. The van der Waals surface area contributed by atoms with E-state index in [4.69, 9.17) is 0 Å². The van der Waals surface area contributed by atoms with Crippen LogP contribution in [0.4, 0.5) is 0 Å². The van der Waals surface area contributed by atoms with Crippen LogP contribution >= 0.6 is 0 Å². The molecule has 1 N–H and O–H groups in total. The number of aromatic nitrogens is 3. The van der Waals surface area contributed by atoms with Crippen molar-refractivity contribution in [3.8, 4) is 0 Å². The summed E-state index contributed by atoms with van der Waals surface area (Å²) in [7, 11) is 4.29. The lowest BCUT2D eigenvalue weighted by molar-refractivity contribution is 0.0627. The van der Waals surface area contributed by atoms with Gasteiger partial charge >= 0.3 is 0 Å². The van der Waals surface area contributed by atoms with Crippen LogP contribution in [-0.2, 0) is 13.0 Å². The van der Waals surface area contributed by atoms with Gasteiger partial charge in [0.05, 0.1) is 6.10 Å². The SMILES string of the molecule is CCCn1ncnc1CC(O)CC1CN(C)CCN1C. The summed E-state index contributed by atoms with van der Waals surface area (Å²) >= 11 is 0. The molecule has 0 spiro atoms. The molecule has 0 bridgehead atoms. The summed E-state index contributed by atoms with van der Waals surface area (Å²) in [5.74, 6) is 0.895. The van der Waals surface area contributed by atoms with Gasteiger partial charge in [0.1, 0.15) is 12.2 Å². The summed E-state index contributed by atoms with van der Waals surface area (Å²) in [5.41, 5.74) is 0. The molecule has 1 fully saturated rings. The number of hydrogen-bond donors (Lipinski definition) is 1. The van der Waals surface area contributed by atoms with Gasteiger partial charge in [0.15, 0.2) is 0 Å². The highest BCUT2D eigenvalue weighted by Crippen LogP contribution is 2.14. The first-order chi connectivity index (χ1) is 9.60. The first-order valence-corrected chi connectivity index (χ1v) is 7.53. The maximum absolute atomic E-state index is 10.3. The van der Waals surface area contributed by atoms with Crippen molar-refractivity contribution < 1.29 is 5.11 Å². The third-order valence-electron chi connectivity index (χ3n) is 4.07. The van der Waals surface area contributed by atoms with E-state index in [9.17, 15) is 5.11 Å². The highest BCUT2D eigenvalue weighted by atomic mass is 16.3. The molecule has 1 aromatic heterocycles. The number of aliphatic hydroxyl groups is 1. The van der Waals surface area contributed by atoms with Crippen LogP contribution in [0.1, 0.15) is 25.6 Å². The Hall–Kier alpha value is -0.980. The zero-order valence-corrected chi connectivity index (χ0v) is 12.9. The second-order valence-corrected chi connectivity index (χ2v) is 5.89. The Morgan fingerprint density at radius 2 is 2.20 bits per heavy atom. The van der Waals surface area contributed by atoms with Crippen LogP contribution in [0, 0.1) is 0 Å². The predicted octanol–water partition coefficient (Wildman–Crippen LogP) is 0.227. The van der Waals surface area contributed by atoms with E-state index in [-0.39, 0.29) is 6.10 Å². The molecule has 0 aliphatic carbocycles. The molecule has 0 radical (unpaired) electrons. The lowest BCUT2D eigenvalue weighted by atomic mass is 10.0. The summed E-state index contributed by atoms with van der Waals surface area (Å²) in [6, 6.07) is 0.422. The van der Waals surface area contributed by atoms with Crippen LogP contribution in [0.2, 0.25) is 0 Å². The highest BCUT2D eigenvalue weighted by Gasteiger charge is 2.25. The molecular formula is C14H27N5O. The number of hydrogen-bond acceptors (Lipinski definition) is 5.